The van der Waals surface area contributed by atoms with Gasteiger partial charge in [-0.2, -0.15) is 13.2 Å². The number of anilines is 1. The maximum Gasteiger partial charge on any atom is 0.453 e. The lowest BCUT2D eigenvalue weighted by molar-refractivity contribution is -0.146. The summed E-state index contributed by atoms with van der Waals surface area (Å²) in [6, 6.07) is 3.38. The Balaban J connectivity index is 2.08. The van der Waals surface area contributed by atoms with Gasteiger partial charge in [-0.05, 0) is 25.1 Å². The molecule has 0 saturated carbocycles. The van der Waals surface area contributed by atoms with Gasteiger partial charge in [0.2, 0.25) is 11.1 Å². The fraction of sp³-hybridized carbons (Fsp3) is 0.250. The molecule has 6 nitrogen and oxygen atoms in total. The molecule has 1 amide bonds. The SMILES string of the molecule is C[C@@H](Sc1nnc(C(F)(F)F)n1N)C(=O)Nc1ccc(F)cc1Cl. The second-order valence-electron chi connectivity index (χ2n) is 4.55. The molecule has 0 aliphatic carbocycles. The van der Waals surface area contributed by atoms with Crippen LogP contribution in [0.3, 0.4) is 0 Å². The number of thioether (sulfide) groups is 1. The van der Waals surface area contributed by atoms with Crippen LogP contribution in [0.25, 0.3) is 0 Å². The summed E-state index contributed by atoms with van der Waals surface area (Å²) in [6.07, 6.45) is -4.76. The molecule has 0 unspecified atom stereocenters. The van der Waals surface area contributed by atoms with Crippen molar-refractivity contribution in [1.82, 2.24) is 14.9 Å². The van der Waals surface area contributed by atoms with Gasteiger partial charge in [-0.25, -0.2) is 9.07 Å². The lowest BCUT2D eigenvalue weighted by Crippen LogP contribution is -2.25. The molecule has 0 aliphatic heterocycles. The first-order chi connectivity index (χ1) is 11.1. The molecule has 2 rings (SSSR count). The highest BCUT2D eigenvalue weighted by Crippen LogP contribution is 2.30. The van der Waals surface area contributed by atoms with E-state index in [1.54, 1.807) is 0 Å². The number of nitrogens with zero attached hydrogens (tertiary/aromatic N) is 3. The number of carbonyl (C=O) groups is 1. The highest BCUT2D eigenvalue weighted by atomic mass is 35.5. The Labute approximate surface area is 142 Å². The van der Waals surface area contributed by atoms with Crippen molar-refractivity contribution < 1.29 is 22.4 Å². The van der Waals surface area contributed by atoms with Gasteiger partial charge in [0.05, 0.1) is 16.0 Å². The molecule has 0 fully saturated rings. The highest BCUT2D eigenvalue weighted by molar-refractivity contribution is 8.00. The number of carbonyl (C=O) groups excluding carboxylic acids is 1. The number of nitrogens with one attached hydrogen (secondary N) is 1. The predicted octanol–water partition coefficient (Wildman–Crippen LogP) is 2.92. The number of alkyl halides is 3. The molecule has 0 aliphatic rings. The second kappa shape index (κ2) is 6.85. The van der Waals surface area contributed by atoms with E-state index in [1.165, 1.54) is 13.0 Å². The molecule has 0 spiro atoms. The molecule has 1 aromatic carbocycles. The predicted molar refractivity (Wildman–Crippen MR) is 80.5 cm³/mol. The summed E-state index contributed by atoms with van der Waals surface area (Å²) in [4.78, 5) is 12.1. The van der Waals surface area contributed by atoms with Crippen LogP contribution in [0.15, 0.2) is 23.4 Å². The van der Waals surface area contributed by atoms with Crippen LogP contribution < -0.4 is 11.2 Å². The number of rotatable bonds is 4. The fourth-order valence-electron chi connectivity index (χ4n) is 1.59. The number of nitrogen functional groups attached to an aromatic ring is 1. The number of aromatic nitrogens is 3. The van der Waals surface area contributed by atoms with Crippen molar-refractivity contribution in [2.45, 2.75) is 23.5 Å². The molecular formula is C12H10ClF4N5OS. The van der Waals surface area contributed by atoms with Crippen molar-refractivity contribution in [2.24, 2.45) is 0 Å². The lowest BCUT2D eigenvalue weighted by Gasteiger charge is -2.12. The fourth-order valence-corrected chi connectivity index (χ4v) is 2.57. The third-order valence-corrected chi connectivity index (χ3v) is 4.13. The summed E-state index contributed by atoms with van der Waals surface area (Å²) in [5.74, 6) is 2.76. The molecule has 24 heavy (non-hydrogen) atoms. The van der Waals surface area contributed by atoms with Gasteiger partial charge < -0.3 is 11.2 Å². The zero-order valence-electron chi connectivity index (χ0n) is 11.9. The Morgan fingerprint density at radius 3 is 2.62 bits per heavy atom. The van der Waals surface area contributed by atoms with Crippen LogP contribution in [-0.4, -0.2) is 26.0 Å². The molecule has 0 bridgehead atoms. The minimum absolute atomic E-state index is 0.0121. The van der Waals surface area contributed by atoms with Crippen LogP contribution in [0, 0.1) is 5.82 Å². The zero-order valence-corrected chi connectivity index (χ0v) is 13.5. The number of benzene rings is 1. The maximum absolute atomic E-state index is 12.9. The minimum Gasteiger partial charge on any atom is -0.335 e. The van der Waals surface area contributed by atoms with Crippen LogP contribution >= 0.6 is 23.4 Å². The third-order valence-electron chi connectivity index (χ3n) is 2.76. The van der Waals surface area contributed by atoms with Crippen LogP contribution in [0.5, 0.6) is 0 Å². The molecule has 0 radical (unpaired) electrons. The topological polar surface area (TPSA) is 85.8 Å². The Hall–Kier alpha value is -2.01. The van der Waals surface area contributed by atoms with Gasteiger partial charge in [0.25, 0.3) is 5.82 Å². The van der Waals surface area contributed by atoms with Crippen molar-refractivity contribution in [3.8, 4) is 0 Å². The maximum atomic E-state index is 12.9. The van der Waals surface area contributed by atoms with Gasteiger partial charge in [-0.3, -0.25) is 4.79 Å². The minimum atomic E-state index is -4.76. The van der Waals surface area contributed by atoms with Gasteiger partial charge in [0, 0.05) is 0 Å². The van der Waals surface area contributed by atoms with E-state index in [0.717, 1.165) is 12.1 Å². The Kier molecular flexibility index (Phi) is 5.23. The number of nitrogens with two attached hydrogens (primary N) is 1. The van der Waals surface area contributed by atoms with Crippen LogP contribution in [-0.2, 0) is 11.0 Å². The van der Waals surface area contributed by atoms with Crippen molar-refractivity contribution >= 4 is 35.0 Å². The number of hydrogen-bond donors (Lipinski definition) is 2. The highest BCUT2D eigenvalue weighted by Gasteiger charge is 2.38. The van der Waals surface area contributed by atoms with E-state index < -0.39 is 29.0 Å². The van der Waals surface area contributed by atoms with Gasteiger partial charge in [-0.15, -0.1) is 10.2 Å². The van der Waals surface area contributed by atoms with Gasteiger partial charge in [0.15, 0.2) is 0 Å². The summed E-state index contributed by atoms with van der Waals surface area (Å²) in [7, 11) is 0. The van der Waals surface area contributed by atoms with Gasteiger partial charge >= 0.3 is 6.18 Å². The normalized spacial score (nSPS) is 12.9. The quantitative estimate of drug-likeness (QED) is 0.481. The summed E-state index contributed by atoms with van der Waals surface area (Å²) in [6.45, 7) is 1.43. The van der Waals surface area contributed by atoms with E-state index in [4.69, 9.17) is 17.4 Å². The van der Waals surface area contributed by atoms with Crippen molar-refractivity contribution in [3.63, 3.8) is 0 Å². The first kappa shape index (κ1) is 18.3. The number of amides is 1. The Morgan fingerprint density at radius 2 is 2.08 bits per heavy atom. The standard InChI is InChI=1S/C12H10ClF4N5OS/c1-5(9(23)19-8-3-2-6(14)4-7(8)13)24-11-21-20-10(22(11)18)12(15,16)17/h2-5H,18H2,1H3,(H,19,23)/t5-/m1/s1. The first-order valence-corrected chi connectivity index (χ1v) is 7.55. The van der Waals surface area contributed by atoms with Gasteiger partial charge in [-0.1, -0.05) is 23.4 Å². The molecule has 1 atom stereocenters. The molecule has 12 heteroatoms. The average molecular weight is 384 g/mol. The zero-order chi connectivity index (χ0) is 18.1. The lowest BCUT2D eigenvalue weighted by atomic mass is 10.3. The van der Waals surface area contributed by atoms with Gasteiger partial charge in [0.1, 0.15) is 5.82 Å². The van der Waals surface area contributed by atoms with Crippen molar-refractivity contribution in [2.75, 3.05) is 11.2 Å². The van der Waals surface area contributed by atoms with E-state index in [0.29, 0.717) is 11.8 Å². The molecule has 1 aromatic heterocycles. The molecule has 3 N–H and O–H groups in total. The smallest absolute Gasteiger partial charge is 0.335 e. The Morgan fingerprint density at radius 1 is 1.42 bits per heavy atom. The molecular weight excluding hydrogens is 374 g/mol. The van der Waals surface area contributed by atoms with Crippen LogP contribution in [0.4, 0.5) is 23.2 Å². The van der Waals surface area contributed by atoms with Crippen LogP contribution in [0.2, 0.25) is 5.02 Å². The second-order valence-corrected chi connectivity index (χ2v) is 6.26. The largest absolute Gasteiger partial charge is 0.453 e. The van der Waals surface area contributed by atoms with Crippen molar-refractivity contribution in [3.05, 3.63) is 34.9 Å². The molecule has 2 aromatic rings. The van der Waals surface area contributed by atoms with E-state index in [2.05, 4.69) is 15.5 Å². The average Bonchev–Trinajstić information content (AvgIpc) is 2.83. The van der Waals surface area contributed by atoms with Crippen LogP contribution in [0.1, 0.15) is 12.7 Å². The van der Waals surface area contributed by atoms with E-state index in [9.17, 15) is 22.4 Å². The molecule has 1 heterocycles. The first-order valence-electron chi connectivity index (χ1n) is 6.30. The Bertz CT molecular complexity index is 766. The molecule has 130 valence electrons. The van der Waals surface area contributed by atoms with E-state index in [1.807, 2.05) is 0 Å². The molecule has 0 saturated heterocycles. The number of hydrogen-bond acceptors (Lipinski definition) is 5. The third kappa shape index (κ3) is 4.09. The number of halogens is 5. The summed E-state index contributed by atoms with van der Waals surface area (Å²) < 4.78 is 51.0. The summed E-state index contributed by atoms with van der Waals surface area (Å²) >= 11 is 6.46. The van der Waals surface area contributed by atoms with E-state index in [-0.39, 0.29) is 20.5 Å². The summed E-state index contributed by atoms with van der Waals surface area (Å²) in [5, 5.41) is 7.55. The van der Waals surface area contributed by atoms with Crippen molar-refractivity contribution in [1.29, 1.82) is 0 Å². The van der Waals surface area contributed by atoms with E-state index >= 15 is 0 Å². The monoisotopic (exact) mass is 383 g/mol. The summed E-state index contributed by atoms with van der Waals surface area (Å²) in [5.41, 5.74) is 0.167.